The predicted octanol–water partition coefficient (Wildman–Crippen LogP) is 4.47. The fourth-order valence-electron chi connectivity index (χ4n) is 5.70. The van der Waals surface area contributed by atoms with Gasteiger partial charge in [0.2, 0.25) is 0 Å². The Kier molecular flexibility index (Phi) is 8.68. The van der Waals surface area contributed by atoms with E-state index in [-0.39, 0.29) is 19.4 Å². The molecule has 1 saturated heterocycles. The Labute approximate surface area is 250 Å². The second-order valence-corrected chi connectivity index (χ2v) is 10.7. The third kappa shape index (κ3) is 5.79. The van der Waals surface area contributed by atoms with Crippen LogP contribution in [-0.4, -0.2) is 47.2 Å². The number of nitrogens with one attached hydrogen (secondary N) is 1. The van der Waals surface area contributed by atoms with Gasteiger partial charge in [-0.2, -0.15) is 0 Å². The molecule has 9 nitrogen and oxygen atoms in total. The number of H-pyrrole nitrogens is 1. The van der Waals surface area contributed by atoms with Crippen molar-refractivity contribution in [2.24, 2.45) is 0 Å². The lowest BCUT2D eigenvalue weighted by molar-refractivity contribution is -0.120. The van der Waals surface area contributed by atoms with Crippen molar-refractivity contribution in [1.29, 1.82) is 0 Å². The number of rotatable bonds is 11. The van der Waals surface area contributed by atoms with Gasteiger partial charge in [0.1, 0.15) is 35.0 Å². The van der Waals surface area contributed by atoms with Crippen molar-refractivity contribution in [3.63, 3.8) is 0 Å². The summed E-state index contributed by atoms with van der Waals surface area (Å²) in [6.07, 6.45) is 1.72. The van der Waals surface area contributed by atoms with Gasteiger partial charge >= 0.3 is 5.69 Å². The molecule has 2 heterocycles. The lowest BCUT2D eigenvalue weighted by Gasteiger charge is -2.38. The first kappa shape index (κ1) is 30.0. The standard InChI is InChI=1S/C34H36N2O7/c1-5-19-33(39)20-30(36-21-23(2)31(37)35-32(36)38)43-29(33)22-42-34(24-9-7-6-8-10-24,25-11-15-27(40-3)16-12-25)26-13-17-28(41-4)18-14-26/h5-18,21,29-30,39H,1,19-20,22H2,2-4H3,(H,35,37,38)/t29-,30+,33+/m1/s1. The van der Waals surface area contributed by atoms with Gasteiger partial charge in [-0.3, -0.25) is 14.3 Å². The Morgan fingerprint density at radius 1 is 0.977 bits per heavy atom. The minimum Gasteiger partial charge on any atom is -0.497 e. The van der Waals surface area contributed by atoms with E-state index in [0.29, 0.717) is 17.1 Å². The van der Waals surface area contributed by atoms with Crippen LogP contribution in [0.25, 0.3) is 0 Å². The Balaban J connectivity index is 1.60. The lowest BCUT2D eigenvalue weighted by atomic mass is 9.79. The van der Waals surface area contributed by atoms with Crippen molar-refractivity contribution >= 4 is 0 Å². The van der Waals surface area contributed by atoms with Crippen molar-refractivity contribution in [3.05, 3.63) is 141 Å². The van der Waals surface area contributed by atoms with E-state index in [1.54, 1.807) is 27.2 Å². The topological polar surface area (TPSA) is 112 Å². The third-order valence-corrected chi connectivity index (χ3v) is 8.03. The second-order valence-electron chi connectivity index (χ2n) is 10.7. The molecular formula is C34H36N2O7. The molecule has 0 radical (unpaired) electrons. The van der Waals surface area contributed by atoms with Crippen LogP contribution >= 0.6 is 0 Å². The van der Waals surface area contributed by atoms with Gasteiger partial charge in [0, 0.05) is 18.2 Å². The van der Waals surface area contributed by atoms with Crippen LogP contribution in [0.1, 0.15) is 41.3 Å². The molecule has 0 amide bonds. The van der Waals surface area contributed by atoms with Crippen LogP contribution in [0.15, 0.2) is 107 Å². The first-order chi connectivity index (χ1) is 20.7. The number of benzene rings is 3. The maximum absolute atomic E-state index is 12.7. The number of aromatic nitrogens is 2. The number of hydrogen-bond acceptors (Lipinski definition) is 7. The van der Waals surface area contributed by atoms with Crippen LogP contribution in [-0.2, 0) is 15.1 Å². The molecule has 9 heteroatoms. The molecule has 1 aromatic heterocycles. The number of hydrogen-bond donors (Lipinski definition) is 2. The number of aromatic amines is 1. The largest absolute Gasteiger partial charge is 0.497 e. The molecule has 0 aliphatic carbocycles. The van der Waals surface area contributed by atoms with E-state index in [4.69, 9.17) is 18.9 Å². The van der Waals surface area contributed by atoms with Crippen LogP contribution in [0, 0.1) is 6.92 Å². The minimum absolute atomic E-state index is 0.0368. The molecule has 1 fully saturated rings. The van der Waals surface area contributed by atoms with Gasteiger partial charge in [-0.25, -0.2) is 4.79 Å². The van der Waals surface area contributed by atoms with E-state index in [2.05, 4.69) is 11.6 Å². The number of aryl methyl sites for hydroxylation is 1. The molecule has 224 valence electrons. The van der Waals surface area contributed by atoms with Crippen molar-refractivity contribution in [3.8, 4) is 11.5 Å². The first-order valence-electron chi connectivity index (χ1n) is 14.0. The van der Waals surface area contributed by atoms with E-state index in [9.17, 15) is 14.7 Å². The Morgan fingerprint density at radius 3 is 2.07 bits per heavy atom. The van der Waals surface area contributed by atoms with Gasteiger partial charge in [-0.1, -0.05) is 60.7 Å². The summed E-state index contributed by atoms with van der Waals surface area (Å²) >= 11 is 0. The molecular weight excluding hydrogens is 548 g/mol. The monoisotopic (exact) mass is 584 g/mol. The summed E-state index contributed by atoms with van der Waals surface area (Å²) in [6, 6.07) is 25.1. The smallest absolute Gasteiger partial charge is 0.330 e. The molecule has 0 spiro atoms. The summed E-state index contributed by atoms with van der Waals surface area (Å²) in [5, 5.41) is 11.8. The highest BCUT2D eigenvalue weighted by molar-refractivity contribution is 5.49. The first-order valence-corrected chi connectivity index (χ1v) is 14.0. The normalized spacial score (nSPS) is 20.1. The minimum atomic E-state index is -1.39. The third-order valence-electron chi connectivity index (χ3n) is 8.03. The summed E-state index contributed by atoms with van der Waals surface area (Å²) in [5.41, 5.74) is -0.708. The van der Waals surface area contributed by atoms with Gasteiger partial charge in [-0.05, 0) is 54.3 Å². The van der Waals surface area contributed by atoms with E-state index in [1.165, 1.54) is 10.8 Å². The van der Waals surface area contributed by atoms with E-state index >= 15 is 0 Å². The molecule has 0 saturated carbocycles. The van der Waals surface area contributed by atoms with Gasteiger partial charge in [0.15, 0.2) is 0 Å². The molecule has 4 aromatic rings. The molecule has 3 atom stereocenters. The van der Waals surface area contributed by atoms with E-state index in [1.807, 2.05) is 78.9 Å². The van der Waals surface area contributed by atoms with E-state index in [0.717, 1.165) is 16.7 Å². The van der Waals surface area contributed by atoms with Crippen LogP contribution in [0.2, 0.25) is 0 Å². The molecule has 1 aliphatic heterocycles. The summed E-state index contributed by atoms with van der Waals surface area (Å²) in [6.45, 7) is 5.41. The highest BCUT2D eigenvalue weighted by atomic mass is 16.6. The van der Waals surface area contributed by atoms with Gasteiger partial charge in [-0.15, -0.1) is 6.58 Å². The zero-order chi connectivity index (χ0) is 30.6. The van der Waals surface area contributed by atoms with Gasteiger partial charge in [0.05, 0.1) is 20.8 Å². The quantitative estimate of drug-likeness (QED) is 0.198. The Hall–Kier alpha value is -4.44. The van der Waals surface area contributed by atoms with Crippen LogP contribution in [0.4, 0.5) is 0 Å². The SMILES string of the molecule is C=CC[C@]1(O)C[C@@H](n2cc(C)c(=O)[nH]c2=O)O[C@@H]1COC(c1ccccc1)(c1ccc(OC)cc1)c1ccc(OC)cc1. The number of aliphatic hydroxyl groups is 1. The highest BCUT2D eigenvalue weighted by Gasteiger charge is 2.49. The lowest BCUT2D eigenvalue weighted by Crippen LogP contribution is -2.44. The highest BCUT2D eigenvalue weighted by Crippen LogP contribution is 2.44. The molecule has 3 aromatic carbocycles. The van der Waals surface area contributed by atoms with Crippen molar-refractivity contribution in [2.45, 2.75) is 43.3 Å². The van der Waals surface area contributed by atoms with Crippen LogP contribution in [0.3, 0.4) is 0 Å². The van der Waals surface area contributed by atoms with Gasteiger partial charge < -0.3 is 24.1 Å². The molecule has 0 bridgehead atoms. The van der Waals surface area contributed by atoms with Crippen LogP contribution in [0.5, 0.6) is 11.5 Å². The fraction of sp³-hybridized carbons (Fsp3) is 0.294. The van der Waals surface area contributed by atoms with Crippen molar-refractivity contribution in [2.75, 3.05) is 20.8 Å². The molecule has 5 rings (SSSR count). The molecule has 43 heavy (non-hydrogen) atoms. The number of methoxy groups -OCH3 is 2. The summed E-state index contributed by atoms with van der Waals surface area (Å²) in [7, 11) is 3.23. The zero-order valence-corrected chi connectivity index (χ0v) is 24.5. The molecule has 0 unspecified atom stereocenters. The van der Waals surface area contributed by atoms with E-state index < -0.39 is 34.8 Å². The maximum atomic E-state index is 12.7. The number of ether oxygens (including phenoxy) is 4. The van der Waals surface area contributed by atoms with Crippen molar-refractivity contribution < 1.29 is 24.1 Å². The summed E-state index contributed by atoms with van der Waals surface area (Å²) in [5.74, 6) is 1.40. The second kappa shape index (κ2) is 12.4. The van der Waals surface area contributed by atoms with Crippen molar-refractivity contribution in [1.82, 2.24) is 9.55 Å². The molecule has 2 N–H and O–H groups in total. The maximum Gasteiger partial charge on any atom is 0.330 e. The Bertz CT molecular complexity index is 1610. The van der Waals surface area contributed by atoms with Gasteiger partial charge in [0.25, 0.3) is 5.56 Å². The summed E-state index contributed by atoms with van der Waals surface area (Å²) in [4.78, 5) is 27.0. The zero-order valence-electron chi connectivity index (χ0n) is 24.5. The fourth-order valence-corrected chi connectivity index (χ4v) is 5.70. The average Bonchev–Trinajstić information content (AvgIpc) is 3.35. The van der Waals surface area contributed by atoms with Crippen LogP contribution < -0.4 is 20.7 Å². The Morgan fingerprint density at radius 2 is 1.53 bits per heavy atom. The predicted molar refractivity (Wildman–Crippen MR) is 163 cm³/mol. The number of nitrogens with zero attached hydrogens (tertiary/aromatic N) is 1. The molecule has 1 aliphatic rings. The summed E-state index contributed by atoms with van der Waals surface area (Å²) < 4.78 is 25.5. The average molecular weight is 585 g/mol.